The highest BCUT2D eigenvalue weighted by atomic mass is 32.2. The summed E-state index contributed by atoms with van der Waals surface area (Å²) in [5.41, 5.74) is 6.59. The molecule has 1 heterocycles. The van der Waals surface area contributed by atoms with E-state index in [1.165, 1.54) is 0 Å². The van der Waals surface area contributed by atoms with Gasteiger partial charge in [-0.05, 0) is 50.3 Å². The molecule has 1 aliphatic carbocycles. The third-order valence-corrected chi connectivity index (χ3v) is 5.81. The van der Waals surface area contributed by atoms with Crippen molar-refractivity contribution in [3.8, 4) is 0 Å². The molecule has 3 rings (SSSR count). The molecule has 0 aromatic heterocycles. The van der Waals surface area contributed by atoms with E-state index in [9.17, 15) is 8.42 Å². The van der Waals surface area contributed by atoms with Gasteiger partial charge in [0.1, 0.15) is 4.90 Å². The van der Waals surface area contributed by atoms with Gasteiger partial charge in [0, 0.05) is 19.1 Å². The Morgan fingerprint density at radius 2 is 2.00 bits per heavy atom. The summed E-state index contributed by atoms with van der Waals surface area (Å²) in [4.78, 5) is 2.57. The molecule has 6 heteroatoms. The molecule has 2 fully saturated rings. The van der Waals surface area contributed by atoms with E-state index in [0.29, 0.717) is 17.4 Å². The Morgan fingerprint density at radius 1 is 1.24 bits per heavy atom. The van der Waals surface area contributed by atoms with Crippen LogP contribution in [0.1, 0.15) is 25.7 Å². The van der Waals surface area contributed by atoms with Crippen LogP contribution in [-0.2, 0) is 10.0 Å². The van der Waals surface area contributed by atoms with Crippen molar-refractivity contribution < 1.29 is 8.42 Å². The first-order valence-electron chi connectivity index (χ1n) is 7.66. The van der Waals surface area contributed by atoms with Crippen LogP contribution < -0.4 is 15.4 Å². The number of nitrogens with one attached hydrogen (secondary N) is 1. The average Bonchev–Trinajstić information content (AvgIpc) is 3.30. The van der Waals surface area contributed by atoms with Gasteiger partial charge in [0.15, 0.2) is 0 Å². The normalized spacial score (nSPS) is 23.3. The molecule has 1 aromatic rings. The van der Waals surface area contributed by atoms with E-state index in [2.05, 4.69) is 9.62 Å². The van der Waals surface area contributed by atoms with Crippen molar-refractivity contribution in [1.82, 2.24) is 4.72 Å². The zero-order valence-electron chi connectivity index (χ0n) is 12.2. The minimum atomic E-state index is -3.42. The van der Waals surface area contributed by atoms with Crippen LogP contribution >= 0.6 is 0 Å². The molecule has 116 valence electrons. The van der Waals surface area contributed by atoms with Gasteiger partial charge in [-0.25, -0.2) is 13.1 Å². The largest absolute Gasteiger partial charge is 0.370 e. The Kier molecular flexibility index (Phi) is 4.19. The Labute approximate surface area is 126 Å². The Hall–Kier alpha value is -1.11. The molecule has 5 nitrogen and oxygen atoms in total. The van der Waals surface area contributed by atoms with Crippen molar-refractivity contribution in [3.05, 3.63) is 24.3 Å². The molecule has 1 unspecified atom stereocenters. The first-order chi connectivity index (χ1) is 10.1. The lowest BCUT2D eigenvalue weighted by Gasteiger charge is -2.34. The summed E-state index contributed by atoms with van der Waals surface area (Å²) >= 11 is 0. The predicted molar refractivity (Wildman–Crippen MR) is 83.8 cm³/mol. The summed E-state index contributed by atoms with van der Waals surface area (Å²) in [6.45, 7) is 2.39. The zero-order valence-corrected chi connectivity index (χ0v) is 13.0. The van der Waals surface area contributed by atoms with E-state index >= 15 is 0 Å². The number of anilines is 1. The minimum absolute atomic E-state index is 0.126. The van der Waals surface area contributed by atoms with Crippen LogP contribution in [0, 0.1) is 5.92 Å². The molecule has 1 aliphatic heterocycles. The van der Waals surface area contributed by atoms with E-state index < -0.39 is 10.0 Å². The molecular formula is C15H23N3O2S. The van der Waals surface area contributed by atoms with Crippen LogP contribution in [0.4, 0.5) is 5.69 Å². The van der Waals surface area contributed by atoms with Gasteiger partial charge in [-0.3, -0.25) is 0 Å². The second-order valence-electron chi connectivity index (χ2n) is 6.05. The molecule has 0 spiro atoms. The van der Waals surface area contributed by atoms with Gasteiger partial charge in [0.25, 0.3) is 0 Å². The summed E-state index contributed by atoms with van der Waals surface area (Å²) in [6, 6.07) is 7.42. The molecule has 21 heavy (non-hydrogen) atoms. The maximum absolute atomic E-state index is 12.5. The lowest BCUT2D eigenvalue weighted by molar-refractivity contribution is 0.422. The number of para-hydroxylation sites is 1. The fourth-order valence-corrected chi connectivity index (χ4v) is 4.44. The van der Waals surface area contributed by atoms with Crippen molar-refractivity contribution in [3.63, 3.8) is 0 Å². The molecule has 1 saturated carbocycles. The molecule has 3 N–H and O–H groups in total. The van der Waals surface area contributed by atoms with Gasteiger partial charge in [-0.1, -0.05) is 12.1 Å². The highest BCUT2D eigenvalue weighted by Gasteiger charge is 2.31. The number of hydrogen-bond acceptors (Lipinski definition) is 4. The summed E-state index contributed by atoms with van der Waals surface area (Å²) in [5, 5.41) is 0. The molecule has 1 aromatic carbocycles. The maximum Gasteiger partial charge on any atom is 0.242 e. The highest BCUT2D eigenvalue weighted by Crippen LogP contribution is 2.30. The number of hydrogen-bond donors (Lipinski definition) is 2. The summed E-state index contributed by atoms with van der Waals surface area (Å²) in [5.74, 6) is 0.450. The van der Waals surface area contributed by atoms with Crippen molar-refractivity contribution in [2.45, 2.75) is 36.6 Å². The Bertz CT molecular complexity index is 599. The second kappa shape index (κ2) is 5.94. The van der Waals surface area contributed by atoms with Gasteiger partial charge < -0.3 is 10.6 Å². The molecule has 1 atom stereocenters. The lowest BCUT2D eigenvalue weighted by atomic mass is 9.98. The molecule has 1 saturated heterocycles. The summed E-state index contributed by atoms with van der Waals surface area (Å²) < 4.78 is 27.8. The number of benzene rings is 1. The van der Waals surface area contributed by atoms with Crippen LogP contribution in [0.25, 0.3) is 0 Å². The average molecular weight is 309 g/mol. The van der Waals surface area contributed by atoms with Crippen molar-refractivity contribution in [2.75, 3.05) is 24.5 Å². The molecule has 0 amide bonds. The van der Waals surface area contributed by atoms with Crippen molar-refractivity contribution in [1.29, 1.82) is 0 Å². The first-order valence-corrected chi connectivity index (χ1v) is 9.15. The van der Waals surface area contributed by atoms with E-state index in [-0.39, 0.29) is 6.04 Å². The van der Waals surface area contributed by atoms with Gasteiger partial charge in [0.2, 0.25) is 10.0 Å². The van der Waals surface area contributed by atoms with Crippen LogP contribution in [0.15, 0.2) is 29.2 Å². The molecular weight excluding hydrogens is 286 g/mol. The molecule has 0 radical (unpaired) electrons. The van der Waals surface area contributed by atoms with Crippen LogP contribution in [-0.4, -0.2) is 34.1 Å². The number of rotatable bonds is 5. The van der Waals surface area contributed by atoms with E-state index in [4.69, 9.17) is 5.73 Å². The van der Waals surface area contributed by atoms with Crippen LogP contribution in [0.2, 0.25) is 0 Å². The smallest absolute Gasteiger partial charge is 0.242 e. The second-order valence-corrected chi connectivity index (χ2v) is 7.74. The van der Waals surface area contributed by atoms with E-state index in [1.807, 2.05) is 12.1 Å². The molecule has 2 aliphatic rings. The van der Waals surface area contributed by atoms with E-state index in [1.54, 1.807) is 12.1 Å². The lowest BCUT2D eigenvalue weighted by Crippen LogP contribution is -2.39. The number of piperidine rings is 1. The Balaban J connectivity index is 1.88. The summed E-state index contributed by atoms with van der Waals surface area (Å²) in [6.07, 6.45) is 4.08. The quantitative estimate of drug-likeness (QED) is 0.860. The monoisotopic (exact) mass is 309 g/mol. The van der Waals surface area contributed by atoms with Gasteiger partial charge >= 0.3 is 0 Å². The highest BCUT2D eigenvalue weighted by molar-refractivity contribution is 7.89. The minimum Gasteiger partial charge on any atom is -0.370 e. The SMILES string of the molecule is NCC1CCCN(c2ccccc2S(=O)(=O)NC2CC2)C1. The fourth-order valence-electron chi connectivity index (χ4n) is 2.91. The number of sulfonamides is 1. The van der Waals surface area contributed by atoms with Crippen molar-refractivity contribution >= 4 is 15.7 Å². The number of nitrogens with zero attached hydrogens (tertiary/aromatic N) is 1. The first kappa shape index (κ1) is 14.8. The van der Waals surface area contributed by atoms with Crippen LogP contribution in [0.3, 0.4) is 0 Å². The standard InChI is InChI=1S/C15H23N3O2S/c16-10-12-4-3-9-18(11-12)14-5-1-2-6-15(14)21(19,20)17-13-7-8-13/h1-2,5-6,12-13,17H,3-4,7-11,16H2. The number of nitrogens with two attached hydrogens (primary N) is 1. The van der Waals surface area contributed by atoms with Crippen molar-refractivity contribution in [2.24, 2.45) is 11.7 Å². The van der Waals surface area contributed by atoms with Gasteiger partial charge in [-0.2, -0.15) is 0 Å². The van der Waals surface area contributed by atoms with E-state index in [0.717, 1.165) is 44.5 Å². The third-order valence-electron chi connectivity index (χ3n) is 4.25. The molecule has 0 bridgehead atoms. The zero-order chi connectivity index (χ0) is 14.9. The fraction of sp³-hybridized carbons (Fsp3) is 0.600. The van der Waals surface area contributed by atoms with Gasteiger partial charge in [-0.15, -0.1) is 0 Å². The predicted octanol–water partition coefficient (Wildman–Crippen LogP) is 1.30. The maximum atomic E-state index is 12.5. The third kappa shape index (κ3) is 3.39. The van der Waals surface area contributed by atoms with Gasteiger partial charge in [0.05, 0.1) is 5.69 Å². The summed E-state index contributed by atoms with van der Waals surface area (Å²) in [7, 11) is -3.42. The topological polar surface area (TPSA) is 75.4 Å². The Morgan fingerprint density at radius 3 is 2.71 bits per heavy atom. The van der Waals surface area contributed by atoms with Crippen LogP contribution in [0.5, 0.6) is 0 Å².